The first kappa shape index (κ1) is 40.8. The van der Waals surface area contributed by atoms with Crippen LogP contribution < -0.4 is 10.3 Å². The average molecular weight is 697 g/mol. The lowest BCUT2D eigenvalue weighted by Crippen LogP contribution is -2.21. The molecular weight excluding hydrogens is 642 g/mol. The van der Waals surface area contributed by atoms with Crippen molar-refractivity contribution in [2.24, 2.45) is 10.1 Å². The molecule has 1 aliphatic rings. The lowest BCUT2D eigenvalue weighted by Gasteiger charge is -2.26. The van der Waals surface area contributed by atoms with E-state index in [0.29, 0.717) is 0 Å². The molecule has 0 saturated carbocycles. The van der Waals surface area contributed by atoms with Gasteiger partial charge in [-0.1, -0.05) is 119 Å². The van der Waals surface area contributed by atoms with Gasteiger partial charge in [0, 0.05) is 31.9 Å². The van der Waals surface area contributed by atoms with Gasteiger partial charge in [-0.25, -0.2) is 4.99 Å². The van der Waals surface area contributed by atoms with Crippen molar-refractivity contribution >= 4 is 33.0 Å². The molecule has 3 aromatic carbocycles. The van der Waals surface area contributed by atoms with E-state index < -0.39 is 0 Å². The zero-order valence-corrected chi connectivity index (χ0v) is 31.5. The van der Waals surface area contributed by atoms with E-state index in [2.05, 4.69) is 109 Å². The van der Waals surface area contributed by atoms with E-state index in [1.807, 2.05) is 94.3 Å². The Hall–Kier alpha value is -4.26. The minimum Gasteiger partial charge on any atom is -0.332 e. The molecule has 0 bridgehead atoms. The minimum absolute atomic E-state index is 0.845. The Morgan fingerprint density at radius 3 is 2.04 bits per heavy atom. The summed E-state index contributed by atoms with van der Waals surface area (Å²) < 4.78 is 0.897. The van der Waals surface area contributed by atoms with Gasteiger partial charge in [-0.2, -0.15) is 5.10 Å². The van der Waals surface area contributed by atoms with Crippen LogP contribution in [-0.2, 0) is 13.0 Å². The first-order valence-corrected chi connectivity index (χ1v) is 16.8. The van der Waals surface area contributed by atoms with Crippen LogP contribution in [0.25, 0.3) is 0 Å². The molecular formula is C41H54BrN5. The number of allylic oxidation sites excluding steroid dienone is 6. The van der Waals surface area contributed by atoms with Gasteiger partial charge in [-0.3, -0.25) is 5.01 Å². The van der Waals surface area contributed by atoms with Gasteiger partial charge in [-0.15, -0.1) is 0 Å². The molecule has 5 nitrogen and oxygen atoms in total. The van der Waals surface area contributed by atoms with Gasteiger partial charge >= 0.3 is 0 Å². The van der Waals surface area contributed by atoms with Crippen molar-refractivity contribution in [1.29, 1.82) is 0 Å². The number of hydrogen-bond donors (Lipinski definition) is 1. The summed E-state index contributed by atoms with van der Waals surface area (Å²) in [5.41, 5.74) is 10.1. The fourth-order valence-electron chi connectivity index (χ4n) is 4.22. The molecule has 1 N–H and O–H groups in total. The van der Waals surface area contributed by atoms with Crippen LogP contribution in [0.4, 0.5) is 5.69 Å². The number of para-hydroxylation sites is 1. The zero-order valence-electron chi connectivity index (χ0n) is 29.9. The lowest BCUT2D eigenvalue weighted by molar-refractivity contribution is 0.509. The van der Waals surface area contributed by atoms with Crippen LogP contribution in [-0.4, -0.2) is 37.5 Å². The Labute approximate surface area is 293 Å². The van der Waals surface area contributed by atoms with E-state index in [4.69, 9.17) is 4.99 Å². The van der Waals surface area contributed by atoms with Gasteiger partial charge in [0.2, 0.25) is 0 Å². The van der Waals surface area contributed by atoms with E-state index in [9.17, 15) is 0 Å². The number of aryl methyl sites for hydroxylation is 2. The number of hydrogen-bond acceptors (Lipinski definition) is 5. The van der Waals surface area contributed by atoms with Crippen LogP contribution >= 0.6 is 15.9 Å². The van der Waals surface area contributed by atoms with Crippen molar-refractivity contribution < 1.29 is 0 Å². The Bertz CT molecular complexity index is 1550. The summed E-state index contributed by atoms with van der Waals surface area (Å²) in [6.45, 7) is 24.5. The number of halogens is 1. The normalized spacial score (nSPS) is 13.1. The molecule has 0 spiro atoms. The number of nitrogens with zero attached hydrogens (tertiary/aromatic N) is 4. The first-order chi connectivity index (χ1) is 22.6. The summed E-state index contributed by atoms with van der Waals surface area (Å²) in [5, 5.41) is 9.34. The van der Waals surface area contributed by atoms with E-state index in [-0.39, 0.29) is 0 Å². The number of anilines is 1. The molecule has 0 aliphatic carbocycles. The van der Waals surface area contributed by atoms with Crippen molar-refractivity contribution in [3.8, 4) is 0 Å². The molecule has 1 heterocycles. The maximum absolute atomic E-state index is 4.74. The first-order valence-electron chi connectivity index (χ1n) is 16.0. The average Bonchev–Trinajstić information content (AvgIpc) is 3.11. The summed E-state index contributed by atoms with van der Waals surface area (Å²) >= 11 is 3.51. The molecule has 0 unspecified atom stereocenters. The molecule has 250 valence electrons. The van der Waals surface area contributed by atoms with Crippen LogP contribution in [0.3, 0.4) is 0 Å². The van der Waals surface area contributed by atoms with E-state index in [0.717, 1.165) is 57.2 Å². The molecule has 4 rings (SSSR count). The van der Waals surface area contributed by atoms with Crippen LogP contribution in [0.15, 0.2) is 148 Å². The van der Waals surface area contributed by atoms with Crippen molar-refractivity contribution in [3.63, 3.8) is 0 Å². The molecule has 3 aromatic rings. The number of benzene rings is 3. The fourth-order valence-corrected chi connectivity index (χ4v) is 4.58. The maximum Gasteiger partial charge on any atom is 0.147 e. The van der Waals surface area contributed by atoms with Crippen LogP contribution in [0, 0.1) is 6.92 Å². The highest BCUT2D eigenvalue weighted by Gasteiger charge is 2.17. The fraction of sp³-hybridized carbons (Fsp3) is 0.268. The Morgan fingerprint density at radius 1 is 0.936 bits per heavy atom. The van der Waals surface area contributed by atoms with Crippen LogP contribution in [0.1, 0.15) is 56.9 Å². The molecule has 47 heavy (non-hydrogen) atoms. The topological polar surface area (TPSA) is 43.2 Å². The zero-order chi connectivity index (χ0) is 35.4. The molecule has 6 heteroatoms. The van der Waals surface area contributed by atoms with Gasteiger partial charge in [0.25, 0.3) is 0 Å². The highest BCUT2D eigenvalue weighted by atomic mass is 79.9. The van der Waals surface area contributed by atoms with Crippen molar-refractivity contribution in [2.75, 3.05) is 26.2 Å². The van der Waals surface area contributed by atoms with Crippen molar-refractivity contribution in [1.82, 2.24) is 10.2 Å². The quantitative estimate of drug-likeness (QED) is 0.138. The third kappa shape index (κ3) is 13.6. The molecule has 0 fully saturated rings. The molecule has 0 aromatic heterocycles. The second-order valence-corrected chi connectivity index (χ2v) is 11.4. The minimum atomic E-state index is 0.845. The van der Waals surface area contributed by atoms with Crippen molar-refractivity contribution in [2.45, 2.75) is 54.5 Å². The molecule has 0 amide bonds. The third-order valence-electron chi connectivity index (χ3n) is 7.19. The third-order valence-corrected chi connectivity index (χ3v) is 7.86. The number of nitrogens with one attached hydrogen (secondary N) is 1. The summed E-state index contributed by atoms with van der Waals surface area (Å²) in [5.74, 6) is 0.883. The van der Waals surface area contributed by atoms with Crippen molar-refractivity contribution in [3.05, 3.63) is 161 Å². The highest BCUT2D eigenvalue weighted by molar-refractivity contribution is 9.11. The summed E-state index contributed by atoms with van der Waals surface area (Å²) in [6, 6.07) is 27.0. The summed E-state index contributed by atoms with van der Waals surface area (Å²) in [6.07, 6.45) is 6.70. The molecule has 1 aliphatic heterocycles. The lowest BCUT2D eigenvalue weighted by atomic mass is 10.0. The van der Waals surface area contributed by atoms with Crippen LogP contribution in [0.5, 0.6) is 0 Å². The number of aliphatic imine (C=N–C) groups is 1. The Kier molecular flexibility index (Phi) is 19.3. The predicted octanol–water partition coefficient (Wildman–Crippen LogP) is 10.6. The molecule has 0 saturated heterocycles. The molecule has 0 atom stereocenters. The van der Waals surface area contributed by atoms with E-state index >= 15 is 0 Å². The second-order valence-electron chi connectivity index (χ2n) is 10.5. The van der Waals surface area contributed by atoms with E-state index in [1.165, 1.54) is 16.7 Å². The standard InChI is InChI=1S/C16H17BrN2.C13H16N2.C10H15N.C2H6/c1-5-14(17)16-18-15(10-12(3)19(16)4)13-9-7-6-8-11(13)2;1-5-11(2)12(3)14-15(4)13-9-7-6-8-10-13;1-3-9-4-6-10(7-5-9)8-11-2;1-2/h5-10H,1H2,2-4H3;5-10H,1-2H2,3-4H3;4-7,11H,3,8H2,1-2H3;1-2H3/b16-14+;14-12-;;. The molecule has 0 radical (unpaired) electrons. The van der Waals surface area contributed by atoms with Gasteiger partial charge in [0.15, 0.2) is 0 Å². The number of hydrazone groups is 1. The summed E-state index contributed by atoms with van der Waals surface area (Å²) in [4.78, 5) is 6.79. The Balaban J connectivity index is 0.000000355. The maximum atomic E-state index is 4.74. The highest BCUT2D eigenvalue weighted by Crippen LogP contribution is 2.26. The van der Waals surface area contributed by atoms with Gasteiger partial charge in [0.05, 0.1) is 21.6 Å². The van der Waals surface area contributed by atoms with Crippen LogP contribution in [0.2, 0.25) is 0 Å². The largest absolute Gasteiger partial charge is 0.332 e. The summed E-state index contributed by atoms with van der Waals surface area (Å²) in [7, 11) is 5.88. The van der Waals surface area contributed by atoms with Gasteiger partial charge < -0.3 is 10.2 Å². The number of rotatable bonds is 9. The van der Waals surface area contributed by atoms with Gasteiger partial charge in [-0.05, 0) is 90.6 Å². The van der Waals surface area contributed by atoms with E-state index in [1.54, 1.807) is 12.2 Å². The van der Waals surface area contributed by atoms with Gasteiger partial charge in [0.1, 0.15) is 5.82 Å². The monoisotopic (exact) mass is 695 g/mol. The Morgan fingerprint density at radius 2 is 1.51 bits per heavy atom. The second kappa shape index (κ2) is 22.3. The smallest absolute Gasteiger partial charge is 0.147 e. The predicted molar refractivity (Wildman–Crippen MR) is 213 cm³/mol. The SMILES string of the molecule is C=C/C(Br)=C1/N=C(c2ccccc2C)C=C(C)N1C.C=CC(=C)/C(C)=N\N(C)c1ccccc1.CC.CCc1ccc(CNC)cc1.